The van der Waals surface area contributed by atoms with Gasteiger partial charge in [0.15, 0.2) is 0 Å². The zero-order valence-electron chi connectivity index (χ0n) is 8.93. The van der Waals surface area contributed by atoms with Crippen LogP contribution in [0.4, 0.5) is 0 Å². The van der Waals surface area contributed by atoms with E-state index in [0.717, 1.165) is 0 Å². The molecule has 1 aliphatic carbocycles. The van der Waals surface area contributed by atoms with Gasteiger partial charge >= 0.3 is 18.9 Å². The van der Waals surface area contributed by atoms with Crippen molar-refractivity contribution in [3.8, 4) is 0 Å². The summed E-state index contributed by atoms with van der Waals surface area (Å²) in [6.07, 6.45) is 3.92. The Morgan fingerprint density at radius 3 is 2.57 bits per heavy atom. The Balaban J connectivity index is 0.000000750. The fraction of sp³-hybridized carbons (Fsp3) is 0.308. The van der Waals surface area contributed by atoms with Crippen LogP contribution in [-0.4, -0.2) is 0 Å². The van der Waals surface area contributed by atoms with Gasteiger partial charge in [-0.3, -0.25) is 0 Å². The fourth-order valence-electron chi connectivity index (χ4n) is 2.44. The minimum Gasteiger partial charge on any atom is -0.165 e. The van der Waals surface area contributed by atoms with Crippen LogP contribution in [0, 0.1) is 6.92 Å². The summed E-state index contributed by atoms with van der Waals surface area (Å²) in [5.74, 6) is 0. The molecule has 14 heavy (non-hydrogen) atoms. The molecule has 0 saturated heterocycles. The average Bonchev–Trinajstić information content (AvgIpc) is 2.63. The Kier molecular flexibility index (Phi) is 2.52. The van der Waals surface area contributed by atoms with Gasteiger partial charge in [0, 0.05) is 0 Å². The molecule has 0 aliphatic heterocycles. The van der Waals surface area contributed by atoms with Gasteiger partial charge in [0.05, 0.1) is 0 Å². The van der Waals surface area contributed by atoms with Crippen LogP contribution in [0.15, 0.2) is 24.3 Å². The Hall–Kier alpha value is -0.573. The molecule has 2 aromatic carbocycles. The van der Waals surface area contributed by atoms with Gasteiger partial charge in [0.2, 0.25) is 0 Å². The van der Waals surface area contributed by atoms with Crippen LogP contribution >= 0.6 is 0 Å². The van der Waals surface area contributed by atoms with E-state index in [1.54, 1.807) is 11.1 Å². The molecule has 0 bridgehead atoms. The van der Waals surface area contributed by atoms with E-state index in [1.165, 1.54) is 35.6 Å². The van der Waals surface area contributed by atoms with Gasteiger partial charge in [-0.1, -0.05) is 18.1 Å². The Morgan fingerprint density at radius 2 is 1.79 bits per heavy atom. The summed E-state index contributed by atoms with van der Waals surface area (Å²) < 4.78 is 0. The predicted octanol–water partition coefficient (Wildman–Crippen LogP) is 0.360. The molecule has 3 rings (SSSR count). The normalized spacial score (nSPS) is 14.1. The first kappa shape index (κ1) is 9.96. The molecule has 1 aliphatic rings. The Morgan fingerprint density at radius 1 is 1.07 bits per heavy atom. The summed E-state index contributed by atoms with van der Waals surface area (Å²) in [4.78, 5) is 0. The molecule has 0 radical (unpaired) electrons. The van der Waals surface area contributed by atoms with E-state index in [1.807, 2.05) is 0 Å². The predicted molar refractivity (Wildman–Crippen MR) is 56.3 cm³/mol. The molecule has 0 aromatic heterocycles. The van der Waals surface area contributed by atoms with Crippen LogP contribution in [0.2, 0.25) is 0 Å². The maximum Gasteiger partial charge on any atom is 1.00 e. The zero-order chi connectivity index (χ0) is 8.84. The van der Waals surface area contributed by atoms with Crippen LogP contribution in [0.3, 0.4) is 0 Å². The number of aryl methyl sites for hydroxylation is 3. The molecule has 2 aromatic rings. The van der Waals surface area contributed by atoms with Gasteiger partial charge in [-0.15, -0.1) is 34.5 Å². The average molecular weight is 176 g/mol. The van der Waals surface area contributed by atoms with E-state index in [2.05, 4.69) is 31.2 Å². The van der Waals surface area contributed by atoms with E-state index >= 15 is 0 Å². The van der Waals surface area contributed by atoms with E-state index in [9.17, 15) is 0 Å². The molecule has 0 spiro atoms. The van der Waals surface area contributed by atoms with Crippen molar-refractivity contribution in [2.75, 3.05) is 0 Å². The third-order valence-corrected chi connectivity index (χ3v) is 3.06. The van der Waals surface area contributed by atoms with E-state index in [4.69, 9.17) is 0 Å². The van der Waals surface area contributed by atoms with Crippen molar-refractivity contribution in [2.45, 2.75) is 26.2 Å². The summed E-state index contributed by atoms with van der Waals surface area (Å²) in [7, 11) is 0. The summed E-state index contributed by atoms with van der Waals surface area (Å²) in [6.45, 7) is 2.17. The van der Waals surface area contributed by atoms with Crippen molar-refractivity contribution >= 4 is 10.8 Å². The molecule has 66 valence electrons. The maximum atomic E-state index is 2.38. The minimum absolute atomic E-state index is 0. The Bertz CT molecular complexity index is 424. The van der Waals surface area contributed by atoms with Gasteiger partial charge in [-0.05, 0) is 19.3 Å². The number of hydrogen-bond acceptors (Lipinski definition) is 0. The second-order valence-corrected chi connectivity index (χ2v) is 4.14. The summed E-state index contributed by atoms with van der Waals surface area (Å²) in [5.41, 5.74) is 4.55. The monoisotopic (exact) mass is 176 g/mol. The first-order chi connectivity index (χ1) is 6.33. The summed E-state index contributed by atoms with van der Waals surface area (Å²) in [6, 6.07) is 9.33. The van der Waals surface area contributed by atoms with Gasteiger partial charge in [0.25, 0.3) is 0 Å². The molecule has 1 heteroatoms. The molecular weight excluding hydrogens is 163 g/mol. The molecule has 0 saturated carbocycles. The van der Waals surface area contributed by atoms with Gasteiger partial charge in [-0.2, -0.15) is 6.07 Å². The smallest absolute Gasteiger partial charge is 0.165 e. The number of fused-ring (bicyclic) bond motifs is 2. The molecule has 0 heterocycles. The minimum atomic E-state index is 0. The van der Waals surface area contributed by atoms with Crippen molar-refractivity contribution < 1.29 is 18.9 Å². The van der Waals surface area contributed by atoms with Gasteiger partial charge < -0.3 is 0 Å². The van der Waals surface area contributed by atoms with Crippen molar-refractivity contribution in [3.05, 3.63) is 41.0 Å². The molecular formula is C13H13Li. The van der Waals surface area contributed by atoms with Crippen molar-refractivity contribution in [3.63, 3.8) is 0 Å². The SMILES string of the molecule is Cc1cc2cc3c(cc2[cH-]1)CCC3.[Li+]. The van der Waals surface area contributed by atoms with Crippen LogP contribution in [-0.2, 0) is 12.8 Å². The molecule has 0 amide bonds. The van der Waals surface area contributed by atoms with E-state index < -0.39 is 0 Å². The number of hydrogen-bond donors (Lipinski definition) is 0. The van der Waals surface area contributed by atoms with Crippen molar-refractivity contribution in [1.29, 1.82) is 0 Å². The summed E-state index contributed by atoms with van der Waals surface area (Å²) in [5, 5.41) is 2.86. The second-order valence-electron chi connectivity index (χ2n) is 4.14. The van der Waals surface area contributed by atoms with Crippen LogP contribution < -0.4 is 18.9 Å². The zero-order valence-corrected chi connectivity index (χ0v) is 8.93. The van der Waals surface area contributed by atoms with Crippen LogP contribution in [0.1, 0.15) is 23.1 Å². The fourth-order valence-corrected chi connectivity index (χ4v) is 2.44. The topological polar surface area (TPSA) is 0 Å². The van der Waals surface area contributed by atoms with Crippen LogP contribution in [0.25, 0.3) is 10.8 Å². The molecule has 0 N–H and O–H groups in total. The maximum absolute atomic E-state index is 2.38. The van der Waals surface area contributed by atoms with Gasteiger partial charge in [-0.25, -0.2) is 0 Å². The first-order valence-electron chi connectivity index (χ1n) is 5.02. The number of rotatable bonds is 0. The quantitative estimate of drug-likeness (QED) is 0.401. The van der Waals surface area contributed by atoms with Crippen molar-refractivity contribution in [1.82, 2.24) is 0 Å². The molecule has 0 unspecified atom stereocenters. The number of benzene rings is 1. The third-order valence-electron chi connectivity index (χ3n) is 3.06. The standard InChI is InChI=1S/C13H13.Li/c1-9-5-12-7-10-3-2-4-11(10)8-13(12)6-9;/h5-8H,2-4H2,1H3;/q-1;+1. The first-order valence-corrected chi connectivity index (χ1v) is 5.02. The van der Waals surface area contributed by atoms with Crippen molar-refractivity contribution in [2.24, 2.45) is 0 Å². The summed E-state index contributed by atoms with van der Waals surface area (Å²) >= 11 is 0. The Labute approximate surface area is 96.9 Å². The largest absolute Gasteiger partial charge is 1.00 e. The van der Waals surface area contributed by atoms with E-state index in [0.29, 0.717) is 0 Å². The van der Waals surface area contributed by atoms with Crippen LogP contribution in [0.5, 0.6) is 0 Å². The molecule has 0 atom stereocenters. The molecule has 0 nitrogen and oxygen atoms in total. The van der Waals surface area contributed by atoms with Gasteiger partial charge in [0.1, 0.15) is 0 Å². The second kappa shape index (κ2) is 3.53. The molecule has 0 fully saturated rings. The van der Waals surface area contributed by atoms with E-state index in [-0.39, 0.29) is 18.9 Å². The third kappa shape index (κ3) is 1.43.